The van der Waals surface area contributed by atoms with Gasteiger partial charge in [-0.1, -0.05) is 12.1 Å². The Morgan fingerprint density at radius 2 is 1.72 bits per heavy atom. The predicted octanol–water partition coefficient (Wildman–Crippen LogP) is 3.13. The summed E-state index contributed by atoms with van der Waals surface area (Å²) in [6.45, 7) is 2.01. The highest BCUT2D eigenvalue weighted by molar-refractivity contribution is 5.80. The highest BCUT2D eigenvalue weighted by atomic mass is 16.5. The van der Waals surface area contributed by atoms with Crippen molar-refractivity contribution in [1.82, 2.24) is 14.9 Å². The number of anilines is 1. The molecular weight excluding hydrogens is 408 g/mol. The molecule has 2 aromatic carbocycles. The van der Waals surface area contributed by atoms with E-state index in [1.54, 1.807) is 21.3 Å². The van der Waals surface area contributed by atoms with Crippen molar-refractivity contribution in [3.8, 4) is 17.2 Å². The second-order valence-electron chi connectivity index (χ2n) is 7.97. The minimum absolute atomic E-state index is 0.0111. The summed E-state index contributed by atoms with van der Waals surface area (Å²) >= 11 is 0. The molecule has 1 aromatic heterocycles. The Morgan fingerprint density at radius 3 is 2.31 bits per heavy atom. The van der Waals surface area contributed by atoms with E-state index in [-0.39, 0.29) is 11.8 Å². The number of piperidine rings is 1. The van der Waals surface area contributed by atoms with Gasteiger partial charge in [0.25, 0.3) is 0 Å². The summed E-state index contributed by atoms with van der Waals surface area (Å²) in [6, 6.07) is 11.9. The van der Waals surface area contributed by atoms with Crippen molar-refractivity contribution in [3.05, 3.63) is 42.0 Å². The highest BCUT2D eigenvalue weighted by Gasteiger charge is 2.27. The zero-order valence-electron chi connectivity index (χ0n) is 19.1. The van der Waals surface area contributed by atoms with Gasteiger partial charge < -0.3 is 29.0 Å². The lowest BCUT2D eigenvalue weighted by molar-refractivity contribution is -0.125. The van der Waals surface area contributed by atoms with E-state index in [1.807, 2.05) is 37.4 Å². The molecule has 8 heteroatoms. The molecule has 0 bridgehead atoms. The number of imidazole rings is 1. The van der Waals surface area contributed by atoms with Crippen molar-refractivity contribution in [2.24, 2.45) is 13.0 Å². The average Bonchev–Trinajstić information content (AvgIpc) is 3.18. The molecule has 1 fully saturated rings. The third kappa shape index (κ3) is 4.17. The Bertz CT molecular complexity index is 1080. The SMILES string of the molecule is COc1cc(CNC(=O)C2CCN(c3nc4ccccc4n3C)CC2)cc(OC)c1OC. The topological polar surface area (TPSA) is 77.9 Å². The molecule has 0 aliphatic carbocycles. The smallest absolute Gasteiger partial charge is 0.223 e. The van der Waals surface area contributed by atoms with Crippen molar-refractivity contribution in [2.75, 3.05) is 39.3 Å². The molecule has 3 aromatic rings. The maximum atomic E-state index is 12.8. The molecule has 1 saturated heterocycles. The molecule has 0 atom stereocenters. The van der Waals surface area contributed by atoms with Gasteiger partial charge >= 0.3 is 0 Å². The van der Waals surface area contributed by atoms with Crippen LogP contribution in [-0.4, -0.2) is 49.9 Å². The van der Waals surface area contributed by atoms with E-state index < -0.39 is 0 Å². The fourth-order valence-electron chi connectivity index (χ4n) is 4.33. The van der Waals surface area contributed by atoms with Crippen LogP contribution in [0.2, 0.25) is 0 Å². The summed E-state index contributed by atoms with van der Waals surface area (Å²) in [5.41, 5.74) is 3.01. The van der Waals surface area contributed by atoms with Crippen LogP contribution in [0.4, 0.5) is 5.95 Å². The third-order valence-electron chi connectivity index (χ3n) is 6.10. The average molecular weight is 439 g/mol. The summed E-state index contributed by atoms with van der Waals surface area (Å²) in [6.07, 6.45) is 1.59. The number of methoxy groups -OCH3 is 3. The van der Waals surface area contributed by atoms with Crippen LogP contribution < -0.4 is 24.4 Å². The summed E-state index contributed by atoms with van der Waals surface area (Å²) in [5.74, 6) is 2.71. The van der Waals surface area contributed by atoms with Gasteiger partial charge in [-0.25, -0.2) is 4.98 Å². The molecule has 1 aliphatic heterocycles. The van der Waals surface area contributed by atoms with Gasteiger partial charge in [0.15, 0.2) is 11.5 Å². The summed E-state index contributed by atoms with van der Waals surface area (Å²) in [7, 11) is 6.78. The maximum absolute atomic E-state index is 12.8. The predicted molar refractivity (Wildman–Crippen MR) is 124 cm³/mol. The summed E-state index contributed by atoms with van der Waals surface area (Å²) in [5, 5.41) is 3.07. The Kier molecular flexibility index (Phi) is 6.39. The van der Waals surface area contributed by atoms with Crippen molar-refractivity contribution >= 4 is 22.9 Å². The van der Waals surface area contributed by atoms with Crippen LogP contribution in [0.25, 0.3) is 11.0 Å². The molecule has 0 spiro atoms. The second kappa shape index (κ2) is 9.38. The molecule has 1 N–H and O–H groups in total. The van der Waals surface area contributed by atoms with Gasteiger partial charge in [0.1, 0.15) is 0 Å². The van der Waals surface area contributed by atoms with Crippen LogP contribution >= 0.6 is 0 Å². The number of fused-ring (bicyclic) bond motifs is 1. The van der Waals surface area contributed by atoms with Crippen molar-refractivity contribution < 1.29 is 19.0 Å². The van der Waals surface area contributed by atoms with Gasteiger partial charge in [-0.05, 0) is 42.7 Å². The molecule has 4 rings (SSSR count). The number of aryl methyl sites for hydroxylation is 1. The van der Waals surface area contributed by atoms with E-state index in [0.717, 1.165) is 48.5 Å². The second-order valence-corrected chi connectivity index (χ2v) is 7.97. The molecule has 2 heterocycles. The number of aromatic nitrogens is 2. The van der Waals surface area contributed by atoms with Gasteiger partial charge in [-0.2, -0.15) is 0 Å². The number of hydrogen-bond acceptors (Lipinski definition) is 6. The normalized spacial score (nSPS) is 14.4. The molecule has 0 radical (unpaired) electrons. The zero-order valence-corrected chi connectivity index (χ0v) is 19.1. The van der Waals surface area contributed by atoms with Crippen LogP contribution in [0.3, 0.4) is 0 Å². The van der Waals surface area contributed by atoms with Crippen molar-refractivity contribution in [2.45, 2.75) is 19.4 Å². The fourth-order valence-corrected chi connectivity index (χ4v) is 4.33. The quantitative estimate of drug-likeness (QED) is 0.611. The van der Waals surface area contributed by atoms with Crippen LogP contribution in [0.1, 0.15) is 18.4 Å². The number of nitrogens with one attached hydrogen (secondary N) is 1. The molecule has 0 unspecified atom stereocenters. The minimum Gasteiger partial charge on any atom is -0.493 e. The Balaban J connectivity index is 1.36. The van der Waals surface area contributed by atoms with Crippen molar-refractivity contribution in [3.63, 3.8) is 0 Å². The van der Waals surface area contributed by atoms with Crippen LogP contribution in [0.15, 0.2) is 36.4 Å². The number of carbonyl (C=O) groups excluding carboxylic acids is 1. The molecule has 170 valence electrons. The largest absolute Gasteiger partial charge is 0.493 e. The number of nitrogens with zero attached hydrogens (tertiary/aromatic N) is 3. The first-order valence-electron chi connectivity index (χ1n) is 10.8. The number of rotatable bonds is 7. The number of hydrogen-bond donors (Lipinski definition) is 1. The first kappa shape index (κ1) is 21.8. The molecular formula is C24H30N4O4. The number of para-hydroxylation sites is 2. The van der Waals surface area contributed by atoms with Crippen LogP contribution in [0, 0.1) is 5.92 Å². The lowest BCUT2D eigenvalue weighted by atomic mass is 9.96. The summed E-state index contributed by atoms with van der Waals surface area (Å²) < 4.78 is 18.3. The van der Waals surface area contributed by atoms with E-state index in [2.05, 4.69) is 20.9 Å². The van der Waals surface area contributed by atoms with E-state index >= 15 is 0 Å². The van der Waals surface area contributed by atoms with Gasteiger partial charge in [0.2, 0.25) is 17.6 Å². The Labute approximate surface area is 188 Å². The first-order valence-corrected chi connectivity index (χ1v) is 10.8. The van der Waals surface area contributed by atoms with E-state index in [0.29, 0.717) is 23.8 Å². The van der Waals surface area contributed by atoms with E-state index in [9.17, 15) is 4.79 Å². The Morgan fingerprint density at radius 1 is 1.06 bits per heavy atom. The third-order valence-corrected chi connectivity index (χ3v) is 6.10. The van der Waals surface area contributed by atoms with E-state index in [1.165, 1.54) is 0 Å². The first-order chi connectivity index (χ1) is 15.5. The summed E-state index contributed by atoms with van der Waals surface area (Å²) in [4.78, 5) is 19.9. The highest BCUT2D eigenvalue weighted by Crippen LogP contribution is 2.38. The number of ether oxygens (including phenoxy) is 3. The van der Waals surface area contributed by atoms with E-state index in [4.69, 9.17) is 19.2 Å². The van der Waals surface area contributed by atoms with Gasteiger partial charge in [-0.3, -0.25) is 4.79 Å². The number of benzene rings is 2. The van der Waals surface area contributed by atoms with Gasteiger partial charge in [-0.15, -0.1) is 0 Å². The zero-order chi connectivity index (χ0) is 22.7. The number of carbonyl (C=O) groups is 1. The van der Waals surface area contributed by atoms with Crippen LogP contribution in [0.5, 0.6) is 17.2 Å². The van der Waals surface area contributed by atoms with Crippen LogP contribution in [-0.2, 0) is 18.4 Å². The minimum atomic E-state index is -0.0111. The molecule has 32 heavy (non-hydrogen) atoms. The molecule has 1 aliphatic rings. The molecule has 0 saturated carbocycles. The standard InChI is InChI=1S/C24H30N4O4/c1-27-19-8-6-5-7-18(19)26-24(27)28-11-9-17(10-12-28)23(29)25-15-16-13-20(30-2)22(32-4)21(14-16)31-3/h5-8,13-14,17H,9-12,15H2,1-4H3,(H,25,29). The van der Waals surface area contributed by atoms with Gasteiger partial charge in [0, 0.05) is 32.6 Å². The van der Waals surface area contributed by atoms with Gasteiger partial charge in [0.05, 0.1) is 32.4 Å². The molecule has 1 amide bonds. The fraction of sp³-hybridized carbons (Fsp3) is 0.417. The Hall–Kier alpha value is -3.42. The number of amides is 1. The maximum Gasteiger partial charge on any atom is 0.223 e. The van der Waals surface area contributed by atoms with Crippen molar-refractivity contribution in [1.29, 1.82) is 0 Å². The monoisotopic (exact) mass is 438 g/mol. The lowest BCUT2D eigenvalue weighted by Gasteiger charge is -2.32. The molecule has 8 nitrogen and oxygen atoms in total. The lowest BCUT2D eigenvalue weighted by Crippen LogP contribution is -2.41.